The van der Waals surface area contributed by atoms with Crippen molar-refractivity contribution in [1.29, 1.82) is 0 Å². The highest BCUT2D eigenvalue weighted by Gasteiger charge is 2.36. The number of hydrogen-bond donors (Lipinski definition) is 0. The lowest BCUT2D eigenvalue weighted by atomic mass is 9.72. The van der Waals surface area contributed by atoms with E-state index < -0.39 is 0 Å². The van der Waals surface area contributed by atoms with E-state index in [-0.39, 0.29) is 28.3 Å². The van der Waals surface area contributed by atoms with Crippen molar-refractivity contribution in [3.8, 4) is 0 Å². The quantitative estimate of drug-likeness (QED) is 0.724. The first-order valence-corrected chi connectivity index (χ1v) is 7.95. The number of rotatable bonds is 3. The molecule has 0 aromatic carbocycles. The number of allylic oxidation sites excluding steroid dienone is 2. The van der Waals surface area contributed by atoms with E-state index >= 15 is 0 Å². The SMILES string of the molecule is CCC(C)(C)OC1C=C(C(C)(C)C)C(=O)C(C(C)(C)C)=C1. The van der Waals surface area contributed by atoms with Crippen LogP contribution in [0.4, 0.5) is 0 Å². The van der Waals surface area contributed by atoms with Crippen molar-refractivity contribution in [2.45, 2.75) is 80.4 Å². The Labute approximate surface area is 130 Å². The smallest absolute Gasteiger partial charge is 0.185 e. The zero-order valence-corrected chi connectivity index (χ0v) is 15.3. The third-order valence-electron chi connectivity index (χ3n) is 4.07. The van der Waals surface area contributed by atoms with E-state index in [1.54, 1.807) is 0 Å². The molecule has 0 aromatic rings. The molecule has 2 heteroatoms. The molecule has 21 heavy (non-hydrogen) atoms. The van der Waals surface area contributed by atoms with Gasteiger partial charge in [0.15, 0.2) is 5.78 Å². The van der Waals surface area contributed by atoms with Gasteiger partial charge in [-0.05, 0) is 43.3 Å². The molecule has 2 nitrogen and oxygen atoms in total. The maximum atomic E-state index is 12.8. The molecule has 0 N–H and O–H groups in total. The van der Waals surface area contributed by atoms with E-state index in [1.807, 2.05) is 12.2 Å². The fourth-order valence-electron chi connectivity index (χ4n) is 2.37. The predicted molar refractivity (Wildman–Crippen MR) is 89.3 cm³/mol. The van der Waals surface area contributed by atoms with Gasteiger partial charge in [0.1, 0.15) is 0 Å². The molecule has 1 rings (SSSR count). The van der Waals surface area contributed by atoms with Crippen LogP contribution in [0.25, 0.3) is 0 Å². The van der Waals surface area contributed by atoms with Gasteiger partial charge in [0.05, 0.1) is 11.7 Å². The van der Waals surface area contributed by atoms with Crippen molar-refractivity contribution in [2.24, 2.45) is 10.8 Å². The van der Waals surface area contributed by atoms with Crippen molar-refractivity contribution in [1.82, 2.24) is 0 Å². The molecule has 120 valence electrons. The molecule has 0 bridgehead atoms. The van der Waals surface area contributed by atoms with Crippen molar-refractivity contribution >= 4 is 5.78 Å². The minimum Gasteiger partial charge on any atom is -0.364 e. The van der Waals surface area contributed by atoms with Crippen LogP contribution in [0.1, 0.15) is 68.7 Å². The zero-order valence-electron chi connectivity index (χ0n) is 15.3. The number of carbonyl (C=O) groups is 1. The summed E-state index contributed by atoms with van der Waals surface area (Å²) in [6.07, 6.45) is 4.83. The van der Waals surface area contributed by atoms with Crippen LogP contribution in [-0.2, 0) is 9.53 Å². The molecule has 0 aromatic heterocycles. The van der Waals surface area contributed by atoms with Crippen molar-refractivity contribution in [3.63, 3.8) is 0 Å². The average molecular weight is 292 g/mol. The molecule has 0 saturated heterocycles. The molecule has 0 heterocycles. The van der Waals surface area contributed by atoms with Crippen LogP contribution in [0.3, 0.4) is 0 Å². The van der Waals surface area contributed by atoms with Gasteiger partial charge in [0.25, 0.3) is 0 Å². The predicted octanol–water partition coefficient (Wildman–Crippen LogP) is 5.09. The Morgan fingerprint density at radius 1 is 0.905 bits per heavy atom. The minimum absolute atomic E-state index is 0.124. The van der Waals surface area contributed by atoms with Crippen LogP contribution >= 0.6 is 0 Å². The van der Waals surface area contributed by atoms with Gasteiger partial charge in [0.2, 0.25) is 0 Å². The Kier molecular flexibility index (Phi) is 4.94. The second-order valence-corrected chi connectivity index (χ2v) is 8.69. The summed E-state index contributed by atoms with van der Waals surface area (Å²) >= 11 is 0. The molecule has 0 amide bonds. The molecule has 0 fully saturated rings. The van der Waals surface area contributed by atoms with E-state index in [9.17, 15) is 4.79 Å². The summed E-state index contributed by atoms with van der Waals surface area (Å²) < 4.78 is 6.22. The van der Waals surface area contributed by atoms with Crippen molar-refractivity contribution in [3.05, 3.63) is 23.3 Å². The lowest BCUT2D eigenvalue weighted by Gasteiger charge is -2.35. The lowest BCUT2D eigenvalue weighted by Crippen LogP contribution is -2.35. The topological polar surface area (TPSA) is 26.3 Å². The normalized spacial score (nSPS) is 18.6. The summed E-state index contributed by atoms with van der Waals surface area (Å²) in [5, 5.41) is 0. The van der Waals surface area contributed by atoms with Crippen molar-refractivity contribution < 1.29 is 9.53 Å². The number of carbonyl (C=O) groups excluding carboxylic acids is 1. The number of ketones is 1. The van der Waals surface area contributed by atoms with Gasteiger partial charge < -0.3 is 4.74 Å². The second-order valence-electron chi connectivity index (χ2n) is 8.69. The maximum absolute atomic E-state index is 12.8. The number of Topliss-reactive ketones (excluding diaryl/α,β-unsaturated/α-hetero) is 1. The Morgan fingerprint density at radius 3 is 1.57 bits per heavy atom. The van der Waals surface area contributed by atoms with Gasteiger partial charge in [-0.3, -0.25) is 4.79 Å². The third kappa shape index (κ3) is 4.54. The summed E-state index contributed by atoms with van der Waals surface area (Å²) in [6, 6.07) is 0. The van der Waals surface area contributed by atoms with Gasteiger partial charge in [-0.15, -0.1) is 0 Å². The molecule has 0 spiro atoms. The molecule has 1 aliphatic carbocycles. The summed E-state index contributed by atoms with van der Waals surface area (Å²) in [7, 11) is 0. The van der Waals surface area contributed by atoms with E-state index in [4.69, 9.17) is 4.74 Å². The average Bonchev–Trinajstić information content (AvgIpc) is 2.28. The van der Waals surface area contributed by atoms with Crippen LogP contribution in [-0.4, -0.2) is 17.5 Å². The summed E-state index contributed by atoms with van der Waals surface area (Å²) in [6.45, 7) is 18.8. The highest BCUT2D eigenvalue weighted by molar-refractivity contribution is 6.10. The Morgan fingerprint density at radius 2 is 1.29 bits per heavy atom. The monoisotopic (exact) mass is 292 g/mol. The maximum Gasteiger partial charge on any atom is 0.185 e. The standard InChI is InChI=1S/C19H32O2/c1-10-19(8,9)21-13-11-14(17(2,3)4)16(20)15(12-13)18(5,6)7/h11-13H,10H2,1-9H3. The van der Waals surface area contributed by atoms with E-state index in [0.29, 0.717) is 0 Å². The molecule has 0 saturated carbocycles. The molecule has 0 radical (unpaired) electrons. The van der Waals surface area contributed by atoms with Crippen LogP contribution in [0, 0.1) is 10.8 Å². The summed E-state index contributed by atoms with van der Waals surface area (Å²) in [5.41, 5.74) is 1.21. The zero-order chi connectivity index (χ0) is 16.6. The second kappa shape index (κ2) is 5.72. The van der Waals surface area contributed by atoms with Crippen LogP contribution < -0.4 is 0 Å². The fraction of sp³-hybridized carbons (Fsp3) is 0.737. The van der Waals surface area contributed by atoms with E-state index in [1.165, 1.54) is 0 Å². The highest BCUT2D eigenvalue weighted by Crippen LogP contribution is 2.38. The van der Waals surface area contributed by atoms with Gasteiger partial charge in [-0.25, -0.2) is 0 Å². The van der Waals surface area contributed by atoms with Gasteiger partial charge >= 0.3 is 0 Å². The Bertz CT molecular complexity index is 431. The minimum atomic E-state index is -0.190. The first-order valence-electron chi connectivity index (χ1n) is 7.95. The first-order chi connectivity index (χ1) is 9.28. The molecule has 1 aliphatic rings. The number of hydrogen-bond acceptors (Lipinski definition) is 2. The van der Waals surface area contributed by atoms with Crippen LogP contribution in [0.2, 0.25) is 0 Å². The molecular formula is C19H32O2. The summed E-state index contributed by atoms with van der Waals surface area (Å²) in [4.78, 5) is 12.8. The summed E-state index contributed by atoms with van der Waals surface area (Å²) in [5.74, 6) is 0.171. The lowest BCUT2D eigenvalue weighted by molar-refractivity contribution is -0.114. The van der Waals surface area contributed by atoms with Crippen molar-refractivity contribution in [2.75, 3.05) is 0 Å². The largest absolute Gasteiger partial charge is 0.364 e. The molecule has 0 atom stereocenters. The Hall–Kier alpha value is -0.890. The van der Waals surface area contributed by atoms with Crippen LogP contribution in [0.5, 0.6) is 0 Å². The first kappa shape index (κ1) is 18.2. The number of ether oxygens (including phenoxy) is 1. The van der Waals surface area contributed by atoms with E-state index in [0.717, 1.165) is 17.6 Å². The highest BCUT2D eigenvalue weighted by atomic mass is 16.5. The third-order valence-corrected chi connectivity index (χ3v) is 4.07. The van der Waals surface area contributed by atoms with Crippen LogP contribution in [0.15, 0.2) is 23.3 Å². The van der Waals surface area contributed by atoms with Gasteiger partial charge in [0, 0.05) is 11.1 Å². The molecule has 0 aliphatic heterocycles. The molecule has 0 unspecified atom stereocenters. The van der Waals surface area contributed by atoms with Gasteiger partial charge in [-0.2, -0.15) is 0 Å². The fourth-order valence-corrected chi connectivity index (χ4v) is 2.37. The molecular weight excluding hydrogens is 260 g/mol. The van der Waals surface area contributed by atoms with E-state index in [2.05, 4.69) is 62.3 Å². The van der Waals surface area contributed by atoms with Gasteiger partial charge in [-0.1, -0.05) is 48.5 Å². The Balaban J connectivity index is 3.25.